The van der Waals surface area contributed by atoms with Crippen molar-refractivity contribution in [3.63, 3.8) is 0 Å². The van der Waals surface area contributed by atoms with Crippen LogP contribution >= 0.6 is 34.8 Å². The van der Waals surface area contributed by atoms with Crippen LogP contribution in [0.4, 0.5) is 0 Å². The Labute approximate surface area is 148 Å². The van der Waals surface area contributed by atoms with Crippen LogP contribution in [0.2, 0.25) is 15.1 Å². The molecule has 3 rings (SSSR count). The largest absolute Gasteiger partial charge is 0.465 e. The lowest BCUT2D eigenvalue weighted by molar-refractivity contribution is 0.0601. The fourth-order valence-corrected chi connectivity index (χ4v) is 3.43. The Hall–Kier alpha value is -1.68. The molecule has 6 heteroatoms. The molecule has 1 heterocycles. The Balaban J connectivity index is 2.05. The van der Waals surface area contributed by atoms with Crippen molar-refractivity contribution in [3.8, 4) is 0 Å². The Morgan fingerprint density at radius 3 is 2.70 bits per heavy atom. The van der Waals surface area contributed by atoms with Crippen LogP contribution in [0.5, 0.6) is 0 Å². The molecule has 118 valence electrons. The van der Waals surface area contributed by atoms with E-state index in [0.29, 0.717) is 27.2 Å². The van der Waals surface area contributed by atoms with Crippen molar-refractivity contribution in [2.75, 3.05) is 7.11 Å². The smallest absolute Gasteiger partial charge is 0.339 e. The molecule has 2 aromatic carbocycles. The summed E-state index contributed by atoms with van der Waals surface area (Å²) in [5, 5.41) is 2.48. The number of ether oxygens (including phenoxy) is 1. The van der Waals surface area contributed by atoms with Crippen LogP contribution in [0.1, 0.15) is 15.9 Å². The number of methoxy groups -OCH3 is 1. The molecule has 0 atom stereocenters. The summed E-state index contributed by atoms with van der Waals surface area (Å²) in [5.74, 6) is -0.459. The van der Waals surface area contributed by atoms with Crippen molar-refractivity contribution in [2.45, 2.75) is 6.54 Å². The van der Waals surface area contributed by atoms with Gasteiger partial charge in [0.1, 0.15) is 0 Å². The minimum Gasteiger partial charge on any atom is -0.465 e. The highest BCUT2D eigenvalue weighted by Gasteiger charge is 2.15. The molecule has 0 fully saturated rings. The average molecular weight is 369 g/mol. The highest BCUT2D eigenvalue weighted by Crippen LogP contribution is 2.30. The van der Waals surface area contributed by atoms with Crippen LogP contribution in [-0.4, -0.2) is 17.6 Å². The van der Waals surface area contributed by atoms with Crippen LogP contribution < -0.4 is 0 Å². The van der Waals surface area contributed by atoms with E-state index >= 15 is 0 Å². The molecule has 0 radical (unpaired) electrons. The van der Waals surface area contributed by atoms with E-state index in [9.17, 15) is 4.79 Å². The van der Waals surface area contributed by atoms with Gasteiger partial charge in [-0.2, -0.15) is 0 Å². The van der Waals surface area contributed by atoms with Crippen molar-refractivity contribution >= 4 is 51.7 Å². The van der Waals surface area contributed by atoms with E-state index in [0.717, 1.165) is 16.5 Å². The molecule has 1 aromatic heterocycles. The third-order valence-corrected chi connectivity index (χ3v) is 4.56. The van der Waals surface area contributed by atoms with Crippen LogP contribution in [0, 0.1) is 0 Å². The van der Waals surface area contributed by atoms with E-state index in [4.69, 9.17) is 39.5 Å². The molecule has 0 spiro atoms. The third-order valence-electron chi connectivity index (χ3n) is 3.60. The molecule has 0 aliphatic carbocycles. The van der Waals surface area contributed by atoms with Gasteiger partial charge >= 0.3 is 5.97 Å². The zero-order chi connectivity index (χ0) is 16.6. The maximum atomic E-state index is 11.7. The molecule has 23 heavy (non-hydrogen) atoms. The summed E-state index contributed by atoms with van der Waals surface area (Å²) in [4.78, 5) is 11.7. The summed E-state index contributed by atoms with van der Waals surface area (Å²) < 4.78 is 6.71. The minimum atomic E-state index is -0.459. The number of fused-ring (bicyclic) bond motifs is 1. The van der Waals surface area contributed by atoms with Gasteiger partial charge in [0.2, 0.25) is 0 Å². The first-order valence-electron chi connectivity index (χ1n) is 6.81. The first kappa shape index (κ1) is 16.2. The van der Waals surface area contributed by atoms with Crippen molar-refractivity contribution in [1.29, 1.82) is 0 Å². The Morgan fingerprint density at radius 1 is 1.17 bits per heavy atom. The maximum Gasteiger partial charge on any atom is 0.339 e. The molecule has 0 aliphatic rings. The predicted molar refractivity (Wildman–Crippen MR) is 93.9 cm³/mol. The van der Waals surface area contributed by atoms with Crippen LogP contribution in [-0.2, 0) is 11.3 Å². The predicted octanol–water partition coefficient (Wildman–Crippen LogP) is 5.44. The fraction of sp³-hybridized carbons (Fsp3) is 0.118. The number of benzene rings is 2. The Morgan fingerprint density at radius 2 is 1.96 bits per heavy atom. The van der Waals surface area contributed by atoms with Crippen molar-refractivity contribution in [3.05, 3.63) is 68.8 Å². The third kappa shape index (κ3) is 3.05. The van der Waals surface area contributed by atoms with Gasteiger partial charge in [0.15, 0.2) is 0 Å². The number of aromatic nitrogens is 1. The van der Waals surface area contributed by atoms with Crippen molar-refractivity contribution in [1.82, 2.24) is 4.57 Å². The number of carbonyl (C=O) groups excluding carboxylic acids is 1. The number of hydrogen-bond acceptors (Lipinski definition) is 2. The van der Waals surface area contributed by atoms with Gasteiger partial charge in [-0.3, -0.25) is 0 Å². The zero-order valence-electron chi connectivity index (χ0n) is 12.1. The van der Waals surface area contributed by atoms with E-state index in [1.54, 1.807) is 18.2 Å². The van der Waals surface area contributed by atoms with Gasteiger partial charge in [0, 0.05) is 23.2 Å². The lowest BCUT2D eigenvalue weighted by atomic mass is 10.1. The fourth-order valence-electron chi connectivity index (χ4n) is 2.55. The topological polar surface area (TPSA) is 31.2 Å². The van der Waals surface area contributed by atoms with Gasteiger partial charge in [-0.25, -0.2) is 4.79 Å². The number of carbonyl (C=O) groups is 1. The molecular formula is C17H12Cl3NO2. The lowest BCUT2D eigenvalue weighted by Gasteiger charge is -2.11. The number of hydrogen-bond donors (Lipinski definition) is 0. The monoisotopic (exact) mass is 367 g/mol. The van der Waals surface area contributed by atoms with Crippen LogP contribution in [0.15, 0.2) is 42.6 Å². The first-order valence-corrected chi connectivity index (χ1v) is 7.94. The van der Waals surface area contributed by atoms with E-state index in [1.807, 2.05) is 29.0 Å². The quantitative estimate of drug-likeness (QED) is 0.577. The SMILES string of the molecule is COC(=O)c1cccc(Cn2ccc3cc(Cl)cc(Cl)c32)c1Cl. The molecule has 3 nitrogen and oxygen atoms in total. The van der Waals surface area contributed by atoms with E-state index < -0.39 is 5.97 Å². The van der Waals surface area contributed by atoms with Crippen LogP contribution in [0.3, 0.4) is 0 Å². The molecule has 0 saturated heterocycles. The summed E-state index contributed by atoms with van der Waals surface area (Å²) >= 11 is 18.7. The normalized spacial score (nSPS) is 11.0. The van der Waals surface area contributed by atoms with Crippen molar-refractivity contribution < 1.29 is 9.53 Å². The van der Waals surface area contributed by atoms with Crippen LogP contribution in [0.25, 0.3) is 10.9 Å². The maximum absolute atomic E-state index is 11.7. The number of esters is 1. The van der Waals surface area contributed by atoms with Gasteiger partial charge in [-0.05, 0) is 29.8 Å². The lowest BCUT2D eigenvalue weighted by Crippen LogP contribution is -2.06. The second-order valence-electron chi connectivity index (χ2n) is 5.04. The van der Waals surface area contributed by atoms with Gasteiger partial charge in [-0.1, -0.05) is 46.9 Å². The molecule has 3 aromatic rings. The molecule has 0 bridgehead atoms. The average Bonchev–Trinajstić information content (AvgIpc) is 2.91. The van der Waals surface area contributed by atoms with E-state index in [1.165, 1.54) is 7.11 Å². The van der Waals surface area contributed by atoms with E-state index in [-0.39, 0.29) is 0 Å². The van der Waals surface area contributed by atoms with Gasteiger partial charge in [-0.15, -0.1) is 0 Å². The van der Waals surface area contributed by atoms with Crippen molar-refractivity contribution in [2.24, 2.45) is 0 Å². The molecule has 0 aliphatic heterocycles. The Bertz CT molecular complexity index is 902. The van der Waals surface area contributed by atoms with Gasteiger partial charge in [0.05, 0.1) is 28.2 Å². The molecule has 0 unspecified atom stereocenters. The molecule has 0 amide bonds. The Kier molecular flexibility index (Phi) is 4.53. The van der Waals surface area contributed by atoms with Gasteiger partial charge < -0.3 is 9.30 Å². The first-order chi connectivity index (χ1) is 11.0. The summed E-state index contributed by atoms with van der Waals surface area (Å²) in [5.41, 5.74) is 2.02. The molecular weight excluding hydrogens is 357 g/mol. The molecule has 0 saturated carbocycles. The summed E-state index contributed by atoms with van der Waals surface area (Å²) in [6.07, 6.45) is 1.91. The standard InChI is InChI=1S/C17H12Cl3NO2/c1-23-17(22)13-4-2-3-11(15(13)20)9-21-6-5-10-7-12(18)8-14(19)16(10)21/h2-8H,9H2,1H3. The highest BCUT2D eigenvalue weighted by atomic mass is 35.5. The number of rotatable bonds is 3. The summed E-state index contributed by atoms with van der Waals surface area (Å²) in [7, 11) is 1.33. The van der Waals surface area contributed by atoms with Gasteiger partial charge in [0.25, 0.3) is 0 Å². The summed E-state index contributed by atoms with van der Waals surface area (Å²) in [6.45, 7) is 0.481. The summed E-state index contributed by atoms with van der Waals surface area (Å²) in [6, 6.07) is 10.8. The molecule has 0 N–H and O–H groups in total. The van der Waals surface area contributed by atoms with E-state index in [2.05, 4.69) is 0 Å². The second kappa shape index (κ2) is 6.44. The number of halogens is 3. The number of nitrogens with zero attached hydrogens (tertiary/aromatic N) is 1. The zero-order valence-corrected chi connectivity index (χ0v) is 14.4. The second-order valence-corrected chi connectivity index (χ2v) is 6.26. The minimum absolute atomic E-state index is 0.345. The highest BCUT2D eigenvalue weighted by molar-refractivity contribution is 6.38.